The highest BCUT2D eigenvalue weighted by Gasteiger charge is 2.33. The van der Waals surface area contributed by atoms with E-state index >= 15 is 0 Å². The predicted molar refractivity (Wildman–Crippen MR) is 115 cm³/mol. The number of halogens is 2. The van der Waals surface area contributed by atoms with Crippen LogP contribution in [-0.2, 0) is 7.05 Å². The summed E-state index contributed by atoms with van der Waals surface area (Å²) in [4.78, 5) is 32.7. The number of aromatic nitrogens is 3. The molecule has 32 heavy (non-hydrogen) atoms. The van der Waals surface area contributed by atoms with Crippen LogP contribution in [0, 0.1) is 24.5 Å². The van der Waals surface area contributed by atoms with Gasteiger partial charge >= 0.3 is 0 Å². The first-order chi connectivity index (χ1) is 15.3. The van der Waals surface area contributed by atoms with Gasteiger partial charge in [-0.2, -0.15) is 5.10 Å². The summed E-state index contributed by atoms with van der Waals surface area (Å²) in [5.41, 5.74) is 2.78. The number of amides is 1. The Hall–Kier alpha value is -3.16. The second-order valence-corrected chi connectivity index (χ2v) is 8.83. The number of aryl methyl sites for hydroxylation is 2. The lowest BCUT2D eigenvalue weighted by Gasteiger charge is -2.31. The first-order valence-electron chi connectivity index (χ1n) is 11.0. The Bertz CT molecular complexity index is 1240. The molecule has 2 aliphatic rings. The molecule has 1 amide bonds. The predicted octanol–water partition coefficient (Wildman–Crippen LogP) is 4.17. The van der Waals surface area contributed by atoms with Crippen molar-refractivity contribution >= 4 is 22.7 Å². The lowest BCUT2D eigenvalue weighted by molar-refractivity contribution is 0.0650. The molecule has 166 valence electrons. The molecule has 5 rings (SSSR count). The van der Waals surface area contributed by atoms with Crippen LogP contribution in [-0.4, -0.2) is 44.4 Å². The van der Waals surface area contributed by atoms with Crippen molar-refractivity contribution in [1.82, 2.24) is 19.7 Å². The second kappa shape index (κ2) is 7.76. The number of pyridine rings is 1. The third kappa shape index (κ3) is 3.57. The van der Waals surface area contributed by atoms with E-state index in [2.05, 4.69) is 5.10 Å². The zero-order chi connectivity index (χ0) is 22.6. The highest BCUT2D eigenvalue weighted by atomic mass is 19.1. The molecule has 1 aromatic carbocycles. The molecule has 2 aromatic heterocycles. The summed E-state index contributed by atoms with van der Waals surface area (Å²) < 4.78 is 29.2. The molecule has 0 spiro atoms. The Morgan fingerprint density at radius 2 is 1.75 bits per heavy atom. The summed E-state index contributed by atoms with van der Waals surface area (Å²) in [6, 6.07) is 4.83. The molecule has 1 saturated carbocycles. The minimum absolute atomic E-state index is 0.0989. The number of carbonyl (C=O) groups excluding carboxylic acids is 2. The van der Waals surface area contributed by atoms with Gasteiger partial charge in [0.2, 0.25) is 0 Å². The number of hydrogen-bond donors (Lipinski definition) is 0. The van der Waals surface area contributed by atoms with Gasteiger partial charge in [0.15, 0.2) is 11.4 Å². The Balaban J connectivity index is 1.37. The lowest BCUT2D eigenvalue weighted by atomic mass is 9.88. The number of likely N-dealkylation sites (tertiary alicyclic amines) is 1. The molecule has 6 nitrogen and oxygen atoms in total. The average Bonchev–Trinajstić information content (AvgIpc) is 3.60. The van der Waals surface area contributed by atoms with Gasteiger partial charge in [-0.1, -0.05) is 0 Å². The van der Waals surface area contributed by atoms with Gasteiger partial charge in [-0.25, -0.2) is 13.8 Å². The zero-order valence-corrected chi connectivity index (χ0v) is 18.1. The largest absolute Gasteiger partial charge is 0.339 e. The van der Waals surface area contributed by atoms with Gasteiger partial charge in [0.25, 0.3) is 5.91 Å². The smallest absolute Gasteiger partial charge is 0.254 e. The van der Waals surface area contributed by atoms with Crippen LogP contribution in [0.15, 0.2) is 24.3 Å². The van der Waals surface area contributed by atoms with E-state index in [9.17, 15) is 18.4 Å². The fourth-order valence-electron chi connectivity index (χ4n) is 4.64. The van der Waals surface area contributed by atoms with Gasteiger partial charge in [0.05, 0.1) is 22.2 Å². The molecule has 3 heterocycles. The molecule has 2 fully saturated rings. The van der Waals surface area contributed by atoms with Crippen molar-refractivity contribution < 1.29 is 18.4 Å². The number of rotatable bonds is 4. The van der Waals surface area contributed by atoms with Gasteiger partial charge in [-0.15, -0.1) is 0 Å². The number of hydrogen-bond acceptors (Lipinski definition) is 4. The van der Waals surface area contributed by atoms with Crippen LogP contribution in [0.4, 0.5) is 8.78 Å². The lowest BCUT2D eigenvalue weighted by Crippen LogP contribution is -2.40. The van der Waals surface area contributed by atoms with Crippen molar-refractivity contribution in [3.05, 3.63) is 58.4 Å². The van der Waals surface area contributed by atoms with E-state index in [4.69, 9.17) is 4.98 Å². The third-order valence-corrected chi connectivity index (χ3v) is 6.56. The molecule has 0 bridgehead atoms. The van der Waals surface area contributed by atoms with E-state index in [0.29, 0.717) is 43.1 Å². The standard InChI is InChI=1S/C24H24F2N4O2/c1-13-21-18(12-20(14-3-4-14)27-23(21)29(2)28-13)24(32)30-9-7-15(8-10-30)22(31)17-11-16(25)5-6-19(17)26/h5-6,11-12,14-15H,3-4,7-10H2,1-2H3. The van der Waals surface area contributed by atoms with Gasteiger partial charge in [0.1, 0.15) is 11.6 Å². The van der Waals surface area contributed by atoms with Gasteiger partial charge in [-0.3, -0.25) is 14.3 Å². The second-order valence-electron chi connectivity index (χ2n) is 8.83. The van der Waals surface area contributed by atoms with Gasteiger partial charge in [0, 0.05) is 37.7 Å². The molecule has 3 aromatic rings. The first-order valence-corrected chi connectivity index (χ1v) is 11.0. The van der Waals surface area contributed by atoms with Gasteiger partial charge < -0.3 is 4.90 Å². The first kappa shape index (κ1) is 20.7. The molecule has 1 saturated heterocycles. The van der Waals surface area contributed by atoms with Crippen LogP contribution in [0.2, 0.25) is 0 Å². The maximum Gasteiger partial charge on any atom is 0.254 e. The Morgan fingerprint density at radius 3 is 2.44 bits per heavy atom. The van der Waals surface area contributed by atoms with Crippen molar-refractivity contribution in [2.45, 2.75) is 38.5 Å². The van der Waals surface area contributed by atoms with Crippen LogP contribution in [0.1, 0.15) is 63.7 Å². The van der Waals surface area contributed by atoms with Crippen molar-refractivity contribution in [2.24, 2.45) is 13.0 Å². The quantitative estimate of drug-likeness (QED) is 0.574. The summed E-state index contributed by atoms with van der Waals surface area (Å²) in [5, 5.41) is 5.22. The number of Topliss-reactive ketones (excluding diaryl/α,β-unsaturated/α-hetero) is 1. The maximum atomic E-state index is 14.0. The highest BCUT2D eigenvalue weighted by molar-refractivity contribution is 6.07. The average molecular weight is 438 g/mol. The van der Waals surface area contributed by atoms with Crippen molar-refractivity contribution in [3.63, 3.8) is 0 Å². The molecule has 0 atom stereocenters. The van der Waals surface area contributed by atoms with E-state index in [1.165, 1.54) is 0 Å². The zero-order valence-electron chi connectivity index (χ0n) is 18.1. The Kier molecular flexibility index (Phi) is 5.03. The monoisotopic (exact) mass is 438 g/mol. The normalized spacial score (nSPS) is 17.2. The fourth-order valence-corrected chi connectivity index (χ4v) is 4.64. The molecule has 0 radical (unpaired) electrons. The summed E-state index contributed by atoms with van der Waals surface area (Å²) in [7, 11) is 1.83. The number of piperidine rings is 1. The topological polar surface area (TPSA) is 68.1 Å². The molecular formula is C24H24F2N4O2. The number of ketones is 1. The summed E-state index contributed by atoms with van der Waals surface area (Å²) in [6.45, 7) is 2.64. The van der Waals surface area contributed by atoms with Crippen LogP contribution >= 0.6 is 0 Å². The molecule has 0 N–H and O–H groups in total. The Labute approximate surface area is 184 Å². The van der Waals surface area contributed by atoms with Crippen LogP contribution in [0.3, 0.4) is 0 Å². The van der Waals surface area contributed by atoms with Gasteiger partial charge in [-0.05, 0) is 56.9 Å². The van der Waals surface area contributed by atoms with Crippen LogP contribution < -0.4 is 0 Å². The minimum atomic E-state index is -0.714. The summed E-state index contributed by atoms with van der Waals surface area (Å²) in [5.74, 6) is -1.89. The molecule has 0 unspecified atom stereocenters. The van der Waals surface area contributed by atoms with E-state index in [1.54, 1.807) is 9.58 Å². The molecule has 1 aliphatic carbocycles. The van der Waals surface area contributed by atoms with E-state index in [-0.39, 0.29) is 11.5 Å². The van der Waals surface area contributed by atoms with Crippen molar-refractivity contribution in [3.8, 4) is 0 Å². The molecular weight excluding hydrogens is 414 g/mol. The van der Waals surface area contributed by atoms with Crippen molar-refractivity contribution in [2.75, 3.05) is 13.1 Å². The summed E-state index contributed by atoms with van der Waals surface area (Å²) >= 11 is 0. The maximum absolute atomic E-state index is 14.0. The van der Waals surface area contributed by atoms with E-state index in [0.717, 1.165) is 47.8 Å². The van der Waals surface area contributed by atoms with E-state index in [1.807, 2.05) is 20.0 Å². The third-order valence-electron chi connectivity index (χ3n) is 6.56. The van der Waals surface area contributed by atoms with E-state index < -0.39 is 23.3 Å². The molecule has 1 aliphatic heterocycles. The number of nitrogens with zero attached hydrogens (tertiary/aromatic N) is 4. The minimum Gasteiger partial charge on any atom is -0.339 e. The van der Waals surface area contributed by atoms with Crippen LogP contribution in [0.5, 0.6) is 0 Å². The number of fused-ring (bicyclic) bond motifs is 1. The SMILES string of the molecule is Cc1nn(C)c2nc(C3CC3)cc(C(=O)N3CCC(C(=O)c4cc(F)ccc4F)CC3)c12. The number of benzene rings is 1. The number of carbonyl (C=O) groups is 2. The fraction of sp³-hybridized carbons (Fsp3) is 0.417. The molecule has 8 heteroatoms. The summed E-state index contributed by atoms with van der Waals surface area (Å²) in [6.07, 6.45) is 2.98. The highest BCUT2D eigenvalue weighted by Crippen LogP contribution is 2.40. The van der Waals surface area contributed by atoms with Crippen LogP contribution in [0.25, 0.3) is 11.0 Å². The van der Waals surface area contributed by atoms with Crippen molar-refractivity contribution in [1.29, 1.82) is 0 Å². The Morgan fingerprint density at radius 1 is 1.03 bits per heavy atom.